The maximum absolute atomic E-state index is 13.6. The summed E-state index contributed by atoms with van der Waals surface area (Å²) >= 11 is 0. The summed E-state index contributed by atoms with van der Waals surface area (Å²) in [6.45, 7) is 2.46. The van der Waals surface area contributed by atoms with Crippen LogP contribution in [0.5, 0.6) is 11.5 Å². The highest BCUT2D eigenvalue weighted by molar-refractivity contribution is 7.89. The van der Waals surface area contributed by atoms with Crippen LogP contribution >= 0.6 is 0 Å². The highest BCUT2D eigenvalue weighted by atomic mass is 32.2. The summed E-state index contributed by atoms with van der Waals surface area (Å²) in [7, 11) is -0.640. The summed E-state index contributed by atoms with van der Waals surface area (Å²) < 4.78 is 39.3. The molecule has 0 radical (unpaired) electrons. The van der Waals surface area contributed by atoms with E-state index in [0.717, 1.165) is 22.3 Å². The van der Waals surface area contributed by atoms with Gasteiger partial charge in [0.25, 0.3) is 0 Å². The Labute approximate surface area is 206 Å². The van der Waals surface area contributed by atoms with Gasteiger partial charge < -0.3 is 14.8 Å². The van der Waals surface area contributed by atoms with Crippen molar-refractivity contribution in [3.05, 3.63) is 89.0 Å². The lowest BCUT2D eigenvalue weighted by Gasteiger charge is -2.36. The van der Waals surface area contributed by atoms with Gasteiger partial charge in [0.05, 0.1) is 25.2 Å². The number of carbonyl (C=O) groups excluding carboxylic acids is 1. The molecule has 35 heavy (non-hydrogen) atoms. The van der Waals surface area contributed by atoms with E-state index in [2.05, 4.69) is 5.32 Å². The Morgan fingerprint density at radius 1 is 1.03 bits per heavy atom. The number of hydrogen-bond acceptors (Lipinski definition) is 5. The van der Waals surface area contributed by atoms with Gasteiger partial charge in [-0.3, -0.25) is 4.79 Å². The van der Waals surface area contributed by atoms with Crippen LogP contribution in [-0.2, 0) is 27.8 Å². The molecule has 1 aliphatic heterocycles. The van der Waals surface area contributed by atoms with Crippen LogP contribution in [0, 0.1) is 6.92 Å². The lowest BCUT2D eigenvalue weighted by molar-refractivity contribution is -0.122. The van der Waals surface area contributed by atoms with E-state index in [1.54, 1.807) is 50.6 Å². The first-order chi connectivity index (χ1) is 16.8. The number of methoxy groups -OCH3 is 2. The topological polar surface area (TPSA) is 84.9 Å². The maximum Gasteiger partial charge on any atom is 0.243 e. The highest BCUT2D eigenvalue weighted by Gasteiger charge is 2.37. The van der Waals surface area contributed by atoms with Gasteiger partial charge in [-0.2, -0.15) is 4.31 Å². The molecule has 0 aliphatic carbocycles. The predicted octanol–water partition coefficient (Wildman–Crippen LogP) is 4.01. The zero-order valence-electron chi connectivity index (χ0n) is 20.2. The first-order valence-corrected chi connectivity index (χ1v) is 12.9. The van der Waals surface area contributed by atoms with Crippen molar-refractivity contribution in [3.63, 3.8) is 0 Å². The second kappa shape index (κ2) is 10.5. The van der Waals surface area contributed by atoms with E-state index < -0.39 is 16.1 Å². The van der Waals surface area contributed by atoms with Crippen LogP contribution in [0.25, 0.3) is 0 Å². The molecular weight excluding hydrogens is 464 g/mol. The van der Waals surface area contributed by atoms with Gasteiger partial charge in [-0.05, 0) is 54.8 Å². The number of rotatable bonds is 8. The van der Waals surface area contributed by atoms with Crippen molar-refractivity contribution >= 4 is 15.9 Å². The first kappa shape index (κ1) is 24.8. The number of nitrogens with one attached hydrogen (secondary N) is 1. The van der Waals surface area contributed by atoms with Gasteiger partial charge in [0, 0.05) is 25.1 Å². The fourth-order valence-corrected chi connectivity index (χ4v) is 6.04. The van der Waals surface area contributed by atoms with Crippen LogP contribution in [0.2, 0.25) is 0 Å². The average Bonchev–Trinajstić information content (AvgIpc) is 2.87. The van der Waals surface area contributed by atoms with Gasteiger partial charge in [-0.25, -0.2) is 8.42 Å². The Balaban J connectivity index is 1.58. The van der Waals surface area contributed by atoms with E-state index in [4.69, 9.17) is 9.47 Å². The molecule has 0 saturated heterocycles. The van der Waals surface area contributed by atoms with Gasteiger partial charge in [-0.15, -0.1) is 0 Å². The molecule has 1 amide bonds. The number of carbonyl (C=O) groups is 1. The van der Waals surface area contributed by atoms with Crippen molar-refractivity contribution < 1.29 is 22.7 Å². The summed E-state index contributed by atoms with van der Waals surface area (Å²) in [5.74, 6) is 1.05. The third-order valence-electron chi connectivity index (χ3n) is 6.33. The second-order valence-electron chi connectivity index (χ2n) is 8.55. The minimum atomic E-state index is -3.79. The molecule has 1 unspecified atom stereocenters. The largest absolute Gasteiger partial charge is 0.497 e. The molecule has 1 atom stereocenters. The maximum atomic E-state index is 13.6. The third kappa shape index (κ3) is 5.33. The number of sulfonamides is 1. The smallest absolute Gasteiger partial charge is 0.243 e. The van der Waals surface area contributed by atoms with Crippen LogP contribution in [0.3, 0.4) is 0 Å². The van der Waals surface area contributed by atoms with Crippen molar-refractivity contribution in [1.82, 2.24) is 9.62 Å². The molecule has 0 fully saturated rings. The Bertz CT molecular complexity index is 1310. The molecule has 3 aromatic carbocycles. The van der Waals surface area contributed by atoms with Crippen LogP contribution in [0.4, 0.5) is 0 Å². The quantitative estimate of drug-likeness (QED) is 0.512. The van der Waals surface area contributed by atoms with E-state index >= 15 is 0 Å². The summed E-state index contributed by atoms with van der Waals surface area (Å²) in [4.78, 5) is 13.3. The molecule has 1 N–H and O–H groups in total. The number of benzene rings is 3. The van der Waals surface area contributed by atoms with Crippen molar-refractivity contribution in [1.29, 1.82) is 0 Å². The molecule has 0 aromatic heterocycles. The summed E-state index contributed by atoms with van der Waals surface area (Å²) in [5.41, 5.74) is 3.68. The SMILES string of the molecule is COc1ccc(OC)c(CNC(=O)CC2c3ccccc3CCN2S(=O)(=O)c2ccc(C)cc2)c1. The van der Waals surface area contributed by atoms with Crippen molar-refractivity contribution in [2.24, 2.45) is 0 Å². The number of hydrogen-bond donors (Lipinski definition) is 1. The fourth-order valence-electron chi connectivity index (χ4n) is 4.44. The number of fused-ring (bicyclic) bond motifs is 1. The van der Waals surface area contributed by atoms with Crippen LogP contribution in [0.1, 0.15) is 34.7 Å². The number of amides is 1. The van der Waals surface area contributed by atoms with Crippen molar-refractivity contribution in [2.45, 2.75) is 37.2 Å². The molecule has 1 aliphatic rings. The van der Waals surface area contributed by atoms with E-state index in [9.17, 15) is 13.2 Å². The molecule has 0 bridgehead atoms. The molecule has 4 rings (SSSR count). The highest BCUT2D eigenvalue weighted by Crippen LogP contribution is 2.36. The van der Waals surface area contributed by atoms with Gasteiger partial charge in [0.2, 0.25) is 15.9 Å². The zero-order valence-corrected chi connectivity index (χ0v) is 21.0. The van der Waals surface area contributed by atoms with Crippen LogP contribution in [0.15, 0.2) is 71.6 Å². The van der Waals surface area contributed by atoms with E-state index in [1.165, 1.54) is 4.31 Å². The van der Waals surface area contributed by atoms with Crippen LogP contribution < -0.4 is 14.8 Å². The zero-order chi connectivity index (χ0) is 25.0. The van der Waals surface area contributed by atoms with Gasteiger partial charge in [0.1, 0.15) is 11.5 Å². The minimum absolute atomic E-state index is 0.00832. The van der Waals surface area contributed by atoms with E-state index in [1.807, 2.05) is 37.3 Å². The summed E-state index contributed by atoms with van der Waals surface area (Å²) in [6.07, 6.45) is 0.606. The Kier molecular flexibility index (Phi) is 7.42. The first-order valence-electron chi connectivity index (χ1n) is 11.5. The molecule has 0 spiro atoms. The fraction of sp³-hybridized carbons (Fsp3) is 0.296. The summed E-state index contributed by atoms with van der Waals surface area (Å²) in [5, 5.41) is 2.93. The van der Waals surface area contributed by atoms with Crippen LogP contribution in [-0.4, -0.2) is 39.4 Å². The number of aryl methyl sites for hydroxylation is 1. The Hall–Kier alpha value is -3.36. The lowest BCUT2D eigenvalue weighted by atomic mass is 9.92. The van der Waals surface area contributed by atoms with Gasteiger partial charge in [0.15, 0.2) is 0 Å². The second-order valence-corrected chi connectivity index (χ2v) is 10.4. The lowest BCUT2D eigenvalue weighted by Crippen LogP contribution is -2.42. The number of ether oxygens (including phenoxy) is 2. The molecule has 7 nitrogen and oxygen atoms in total. The third-order valence-corrected chi connectivity index (χ3v) is 8.26. The van der Waals surface area contributed by atoms with Gasteiger partial charge >= 0.3 is 0 Å². The molecule has 1 heterocycles. The molecule has 0 saturated carbocycles. The predicted molar refractivity (Wildman–Crippen MR) is 134 cm³/mol. The van der Waals surface area contributed by atoms with Crippen molar-refractivity contribution in [2.75, 3.05) is 20.8 Å². The normalized spacial score (nSPS) is 15.8. The molecule has 184 valence electrons. The Morgan fingerprint density at radius 2 is 1.77 bits per heavy atom. The van der Waals surface area contributed by atoms with Gasteiger partial charge in [-0.1, -0.05) is 42.0 Å². The minimum Gasteiger partial charge on any atom is -0.497 e. The summed E-state index contributed by atoms with van der Waals surface area (Å²) in [6, 6.07) is 19.3. The van der Waals surface area contributed by atoms with Crippen molar-refractivity contribution in [3.8, 4) is 11.5 Å². The molecule has 8 heteroatoms. The van der Waals surface area contributed by atoms with E-state index in [0.29, 0.717) is 24.5 Å². The number of nitrogens with zero attached hydrogens (tertiary/aromatic N) is 1. The monoisotopic (exact) mass is 494 g/mol. The molecule has 3 aromatic rings. The molecular formula is C27H30N2O5S. The Morgan fingerprint density at radius 3 is 2.49 bits per heavy atom. The standard InChI is InChI=1S/C27H30N2O5S/c1-19-8-11-23(12-9-19)35(31,32)29-15-14-20-6-4-5-7-24(20)25(29)17-27(30)28-18-21-16-22(33-2)10-13-26(21)34-3/h4-13,16,25H,14-15,17-18H2,1-3H3,(H,28,30). The average molecular weight is 495 g/mol. The van der Waals surface area contributed by atoms with E-state index in [-0.39, 0.29) is 23.8 Å².